The fourth-order valence-electron chi connectivity index (χ4n) is 0.670. The molecule has 0 aliphatic rings. The SMILES string of the molecule is CC(=NO)c1ccc([N+](=O)[O-])o1. The Hall–Kier alpha value is -1.85. The fraction of sp³-hybridized carbons (Fsp3) is 0.167. The van der Waals surface area contributed by atoms with Gasteiger partial charge in [0.25, 0.3) is 0 Å². The predicted octanol–water partition coefficient (Wildman–Crippen LogP) is 1.39. The second kappa shape index (κ2) is 3.04. The van der Waals surface area contributed by atoms with E-state index in [0.29, 0.717) is 0 Å². The third-order valence-corrected chi connectivity index (χ3v) is 1.28. The molecule has 12 heavy (non-hydrogen) atoms. The molecule has 0 atom stereocenters. The van der Waals surface area contributed by atoms with Gasteiger partial charge in [-0.15, -0.1) is 0 Å². The van der Waals surface area contributed by atoms with Crippen molar-refractivity contribution in [2.45, 2.75) is 6.92 Å². The van der Waals surface area contributed by atoms with Crippen molar-refractivity contribution in [1.82, 2.24) is 0 Å². The summed E-state index contributed by atoms with van der Waals surface area (Å²) in [5, 5.41) is 21.3. The average molecular weight is 170 g/mol. The van der Waals surface area contributed by atoms with Gasteiger partial charge in [0.2, 0.25) is 0 Å². The highest BCUT2D eigenvalue weighted by atomic mass is 16.6. The Morgan fingerprint density at radius 3 is 2.83 bits per heavy atom. The molecule has 0 aromatic carbocycles. The third-order valence-electron chi connectivity index (χ3n) is 1.28. The van der Waals surface area contributed by atoms with Crippen LogP contribution in [0.3, 0.4) is 0 Å². The highest BCUT2D eigenvalue weighted by molar-refractivity contribution is 5.95. The van der Waals surface area contributed by atoms with Crippen LogP contribution in [0.15, 0.2) is 21.7 Å². The normalized spacial score (nSPS) is 11.6. The molecule has 1 heterocycles. The number of rotatable bonds is 2. The molecule has 0 bridgehead atoms. The summed E-state index contributed by atoms with van der Waals surface area (Å²) >= 11 is 0. The summed E-state index contributed by atoms with van der Waals surface area (Å²) in [4.78, 5) is 9.48. The number of nitrogens with zero attached hydrogens (tertiary/aromatic N) is 2. The van der Waals surface area contributed by atoms with Crippen molar-refractivity contribution < 1.29 is 14.5 Å². The van der Waals surface area contributed by atoms with Crippen LogP contribution < -0.4 is 0 Å². The maximum atomic E-state index is 10.1. The molecule has 0 saturated carbocycles. The largest absolute Gasteiger partial charge is 0.433 e. The van der Waals surface area contributed by atoms with Crippen LogP contribution in [0.2, 0.25) is 0 Å². The number of hydrogen-bond acceptors (Lipinski definition) is 5. The van der Waals surface area contributed by atoms with Gasteiger partial charge in [0, 0.05) is 0 Å². The zero-order chi connectivity index (χ0) is 9.14. The molecule has 0 saturated heterocycles. The first-order valence-electron chi connectivity index (χ1n) is 3.08. The van der Waals surface area contributed by atoms with E-state index < -0.39 is 4.92 Å². The van der Waals surface area contributed by atoms with Crippen LogP contribution in [-0.4, -0.2) is 15.8 Å². The first kappa shape index (κ1) is 8.25. The van der Waals surface area contributed by atoms with Gasteiger partial charge in [-0.25, -0.2) is 0 Å². The third kappa shape index (κ3) is 1.42. The predicted molar refractivity (Wildman–Crippen MR) is 39.4 cm³/mol. The molecular weight excluding hydrogens is 164 g/mol. The van der Waals surface area contributed by atoms with Gasteiger partial charge < -0.3 is 9.62 Å². The lowest BCUT2D eigenvalue weighted by atomic mass is 10.3. The van der Waals surface area contributed by atoms with Crippen LogP contribution in [0.4, 0.5) is 5.88 Å². The van der Waals surface area contributed by atoms with Gasteiger partial charge in [-0.2, -0.15) is 0 Å². The number of oxime groups is 1. The quantitative estimate of drug-likeness (QED) is 0.314. The highest BCUT2D eigenvalue weighted by Crippen LogP contribution is 2.15. The van der Waals surface area contributed by atoms with E-state index in [-0.39, 0.29) is 17.4 Å². The maximum Gasteiger partial charge on any atom is 0.433 e. The van der Waals surface area contributed by atoms with Gasteiger partial charge in [-0.05, 0) is 13.0 Å². The second-order valence-electron chi connectivity index (χ2n) is 2.08. The van der Waals surface area contributed by atoms with Crippen LogP contribution in [0, 0.1) is 10.1 Å². The van der Waals surface area contributed by atoms with E-state index in [0.717, 1.165) is 0 Å². The summed E-state index contributed by atoms with van der Waals surface area (Å²) in [6.07, 6.45) is 0. The van der Waals surface area contributed by atoms with E-state index in [4.69, 9.17) is 9.62 Å². The lowest BCUT2D eigenvalue weighted by Gasteiger charge is -1.87. The summed E-state index contributed by atoms with van der Waals surface area (Å²) in [5.41, 5.74) is 0.197. The van der Waals surface area contributed by atoms with E-state index in [1.807, 2.05) is 0 Å². The zero-order valence-corrected chi connectivity index (χ0v) is 6.22. The lowest BCUT2D eigenvalue weighted by Crippen LogP contribution is -1.90. The minimum atomic E-state index is -0.659. The van der Waals surface area contributed by atoms with Crippen molar-refractivity contribution in [1.29, 1.82) is 0 Å². The molecule has 0 unspecified atom stereocenters. The van der Waals surface area contributed by atoms with Crippen molar-refractivity contribution in [2.24, 2.45) is 5.16 Å². The first-order valence-corrected chi connectivity index (χ1v) is 3.08. The number of furan rings is 1. The highest BCUT2D eigenvalue weighted by Gasteiger charge is 2.13. The molecule has 1 aromatic heterocycles. The number of hydrogen-bond donors (Lipinski definition) is 1. The van der Waals surface area contributed by atoms with Gasteiger partial charge >= 0.3 is 5.88 Å². The molecule has 1 aromatic rings. The summed E-state index contributed by atoms with van der Waals surface area (Å²) in [7, 11) is 0. The lowest BCUT2D eigenvalue weighted by molar-refractivity contribution is -0.402. The Labute approximate surface area is 67.3 Å². The van der Waals surface area contributed by atoms with Crippen molar-refractivity contribution in [2.75, 3.05) is 0 Å². The minimum Gasteiger partial charge on any atom is -0.411 e. The van der Waals surface area contributed by atoms with Crippen LogP contribution in [-0.2, 0) is 0 Å². The van der Waals surface area contributed by atoms with Crippen LogP contribution in [0.25, 0.3) is 0 Å². The van der Waals surface area contributed by atoms with Crippen molar-refractivity contribution in [3.05, 3.63) is 28.0 Å². The van der Waals surface area contributed by atoms with Gasteiger partial charge in [0.15, 0.2) is 5.76 Å². The molecule has 6 nitrogen and oxygen atoms in total. The number of nitro groups is 1. The summed E-state index contributed by atoms with van der Waals surface area (Å²) < 4.78 is 4.71. The molecule has 64 valence electrons. The maximum absolute atomic E-state index is 10.1. The van der Waals surface area contributed by atoms with Crippen molar-refractivity contribution >= 4 is 11.6 Å². The summed E-state index contributed by atoms with van der Waals surface area (Å²) in [5.74, 6) is -0.183. The molecule has 1 rings (SSSR count). The Morgan fingerprint density at radius 1 is 1.75 bits per heavy atom. The molecular formula is C6H6N2O4. The van der Waals surface area contributed by atoms with Crippen LogP contribution in [0.5, 0.6) is 0 Å². The molecule has 0 amide bonds. The van der Waals surface area contributed by atoms with Crippen LogP contribution >= 0.6 is 0 Å². The average Bonchev–Trinajstić information content (AvgIpc) is 2.51. The van der Waals surface area contributed by atoms with Crippen molar-refractivity contribution in [3.8, 4) is 0 Å². The molecule has 0 radical (unpaired) electrons. The first-order chi connectivity index (χ1) is 5.65. The molecule has 0 spiro atoms. The smallest absolute Gasteiger partial charge is 0.411 e. The van der Waals surface area contributed by atoms with E-state index >= 15 is 0 Å². The monoisotopic (exact) mass is 170 g/mol. The van der Waals surface area contributed by atoms with E-state index in [1.54, 1.807) is 0 Å². The Kier molecular flexibility index (Phi) is 2.09. The Balaban J connectivity index is 2.99. The topological polar surface area (TPSA) is 88.9 Å². The van der Waals surface area contributed by atoms with Gasteiger partial charge in [-0.3, -0.25) is 10.1 Å². The Bertz CT molecular complexity index is 328. The fourth-order valence-corrected chi connectivity index (χ4v) is 0.670. The molecule has 0 fully saturated rings. The summed E-state index contributed by atoms with van der Waals surface area (Å²) in [6, 6.07) is 2.57. The van der Waals surface area contributed by atoms with E-state index in [1.165, 1.54) is 19.1 Å². The van der Waals surface area contributed by atoms with Gasteiger partial charge in [0.05, 0.1) is 6.07 Å². The minimum absolute atomic E-state index is 0.184. The second-order valence-corrected chi connectivity index (χ2v) is 2.08. The zero-order valence-electron chi connectivity index (χ0n) is 6.22. The van der Waals surface area contributed by atoms with Crippen LogP contribution in [0.1, 0.15) is 12.7 Å². The molecule has 1 N–H and O–H groups in total. The standard InChI is InChI=1S/C6H6N2O4/c1-4(7-9)5-2-3-6(12-5)8(10)11/h2-3,9H,1H3. The molecule has 0 aliphatic heterocycles. The summed E-state index contributed by atoms with van der Waals surface area (Å²) in [6.45, 7) is 1.47. The van der Waals surface area contributed by atoms with E-state index in [2.05, 4.69) is 5.16 Å². The van der Waals surface area contributed by atoms with Gasteiger partial charge in [-0.1, -0.05) is 5.16 Å². The Morgan fingerprint density at radius 2 is 2.42 bits per heavy atom. The van der Waals surface area contributed by atoms with Gasteiger partial charge in [0.1, 0.15) is 10.6 Å². The van der Waals surface area contributed by atoms with E-state index in [9.17, 15) is 10.1 Å². The van der Waals surface area contributed by atoms with Crippen molar-refractivity contribution in [3.63, 3.8) is 0 Å². The molecule has 6 heteroatoms. The molecule has 0 aliphatic carbocycles.